The van der Waals surface area contributed by atoms with Crippen LogP contribution in [0.15, 0.2) is 18.2 Å². The van der Waals surface area contributed by atoms with E-state index in [-0.39, 0.29) is 29.5 Å². The molecule has 21 heavy (non-hydrogen) atoms. The van der Waals surface area contributed by atoms with Crippen molar-refractivity contribution in [1.82, 2.24) is 5.32 Å². The van der Waals surface area contributed by atoms with Crippen LogP contribution in [-0.2, 0) is 4.79 Å². The Morgan fingerprint density at radius 3 is 2.90 bits per heavy atom. The third kappa shape index (κ3) is 3.53. The molecule has 1 aliphatic rings. The van der Waals surface area contributed by atoms with E-state index in [9.17, 15) is 9.18 Å². The summed E-state index contributed by atoms with van der Waals surface area (Å²) in [4.78, 5) is 12.3. The van der Waals surface area contributed by atoms with Crippen molar-refractivity contribution in [3.63, 3.8) is 0 Å². The normalized spacial score (nSPS) is 22.9. The Kier molecular flexibility index (Phi) is 5.17. The number of nitrogens with one attached hydrogen (secondary N) is 1. The Labute approximate surface area is 124 Å². The molecule has 2 rings (SSSR count). The second-order valence-corrected chi connectivity index (χ2v) is 5.66. The van der Waals surface area contributed by atoms with Crippen molar-refractivity contribution in [1.29, 1.82) is 0 Å². The van der Waals surface area contributed by atoms with Gasteiger partial charge < -0.3 is 15.8 Å². The maximum absolute atomic E-state index is 13.7. The molecule has 1 amide bonds. The highest BCUT2D eigenvalue weighted by atomic mass is 19.1. The minimum absolute atomic E-state index is 0.0134. The van der Waals surface area contributed by atoms with Gasteiger partial charge in [0.15, 0.2) is 11.6 Å². The molecular formula is C16H23FN2O2. The summed E-state index contributed by atoms with van der Waals surface area (Å²) in [7, 11) is 1.43. The van der Waals surface area contributed by atoms with E-state index in [0.29, 0.717) is 6.54 Å². The third-order valence-electron chi connectivity index (χ3n) is 4.33. The standard InChI is InChI=1S/C16H23FN2O2/c1-10(11-6-7-15(21-2)14(17)8-11)19-16(20)13-5-3-4-12(13)9-18/h6-8,10,12-13H,3-5,9,18H2,1-2H3,(H,19,20). The molecule has 0 heterocycles. The molecule has 5 heteroatoms. The average molecular weight is 294 g/mol. The van der Waals surface area contributed by atoms with Gasteiger partial charge in [-0.15, -0.1) is 0 Å². The zero-order valence-electron chi connectivity index (χ0n) is 12.6. The molecule has 1 aromatic rings. The first kappa shape index (κ1) is 15.8. The number of halogens is 1. The lowest BCUT2D eigenvalue weighted by Crippen LogP contribution is -2.36. The van der Waals surface area contributed by atoms with Gasteiger partial charge in [-0.1, -0.05) is 12.5 Å². The molecule has 3 N–H and O–H groups in total. The molecule has 1 aromatic carbocycles. The maximum atomic E-state index is 13.7. The predicted octanol–water partition coefficient (Wildman–Crippen LogP) is 2.39. The van der Waals surface area contributed by atoms with Gasteiger partial charge in [0.2, 0.25) is 5.91 Å². The number of amides is 1. The number of methoxy groups -OCH3 is 1. The van der Waals surface area contributed by atoms with Gasteiger partial charge in [-0.05, 0) is 49.9 Å². The van der Waals surface area contributed by atoms with Gasteiger partial charge >= 0.3 is 0 Å². The lowest BCUT2D eigenvalue weighted by atomic mass is 9.94. The number of nitrogens with two attached hydrogens (primary N) is 1. The summed E-state index contributed by atoms with van der Waals surface area (Å²) in [6, 6.07) is 4.50. The monoisotopic (exact) mass is 294 g/mol. The topological polar surface area (TPSA) is 64.3 Å². The zero-order valence-corrected chi connectivity index (χ0v) is 12.6. The fourth-order valence-corrected chi connectivity index (χ4v) is 3.02. The van der Waals surface area contributed by atoms with Crippen LogP contribution < -0.4 is 15.8 Å². The predicted molar refractivity (Wildman–Crippen MR) is 79.4 cm³/mol. The molecule has 0 spiro atoms. The minimum atomic E-state index is -0.420. The van der Waals surface area contributed by atoms with Gasteiger partial charge in [-0.3, -0.25) is 4.79 Å². The third-order valence-corrected chi connectivity index (χ3v) is 4.33. The summed E-state index contributed by atoms with van der Waals surface area (Å²) in [6.45, 7) is 2.40. The Balaban J connectivity index is 2.02. The van der Waals surface area contributed by atoms with Crippen LogP contribution in [0.2, 0.25) is 0 Å². The largest absolute Gasteiger partial charge is 0.494 e. The second-order valence-electron chi connectivity index (χ2n) is 5.66. The number of rotatable bonds is 5. The van der Waals surface area contributed by atoms with Crippen molar-refractivity contribution in [2.75, 3.05) is 13.7 Å². The van der Waals surface area contributed by atoms with Crippen LogP contribution in [0.5, 0.6) is 5.75 Å². The van der Waals surface area contributed by atoms with Crippen molar-refractivity contribution >= 4 is 5.91 Å². The summed E-state index contributed by atoms with van der Waals surface area (Å²) in [6.07, 6.45) is 2.95. The molecule has 3 unspecified atom stereocenters. The Hall–Kier alpha value is -1.62. The van der Waals surface area contributed by atoms with E-state index in [1.807, 2.05) is 6.92 Å². The molecule has 1 saturated carbocycles. The zero-order chi connectivity index (χ0) is 15.4. The molecule has 0 aromatic heterocycles. The van der Waals surface area contributed by atoms with Gasteiger partial charge in [0, 0.05) is 5.92 Å². The smallest absolute Gasteiger partial charge is 0.223 e. The molecule has 0 saturated heterocycles. The lowest BCUT2D eigenvalue weighted by molar-refractivity contribution is -0.126. The lowest BCUT2D eigenvalue weighted by Gasteiger charge is -2.21. The highest BCUT2D eigenvalue weighted by Crippen LogP contribution is 2.31. The summed E-state index contributed by atoms with van der Waals surface area (Å²) >= 11 is 0. The Morgan fingerprint density at radius 1 is 1.52 bits per heavy atom. The average Bonchev–Trinajstić information content (AvgIpc) is 2.95. The van der Waals surface area contributed by atoms with Gasteiger partial charge in [0.05, 0.1) is 13.2 Å². The molecule has 116 valence electrons. The van der Waals surface area contributed by atoms with Gasteiger partial charge in [-0.2, -0.15) is 0 Å². The molecule has 1 fully saturated rings. The van der Waals surface area contributed by atoms with Crippen molar-refractivity contribution in [3.05, 3.63) is 29.6 Å². The van der Waals surface area contributed by atoms with E-state index in [4.69, 9.17) is 10.5 Å². The quantitative estimate of drug-likeness (QED) is 0.876. The Morgan fingerprint density at radius 2 is 2.29 bits per heavy atom. The summed E-state index contributed by atoms with van der Waals surface area (Å²) < 4.78 is 18.6. The highest BCUT2D eigenvalue weighted by molar-refractivity contribution is 5.79. The van der Waals surface area contributed by atoms with Gasteiger partial charge in [-0.25, -0.2) is 4.39 Å². The SMILES string of the molecule is COc1ccc(C(C)NC(=O)C2CCCC2CN)cc1F. The molecule has 3 atom stereocenters. The van der Waals surface area contributed by atoms with Crippen molar-refractivity contribution in [2.24, 2.45) is 17.6 Å². The highest BCUT2D eigenvalue weighted by Gasteiger charge is 2.32. The van der Waals surface area contributed by atoms with Crippen LogP contribution in [0.25, 0.3) is 0 Å². The maximum Gasteiger partial charge on any atom is 0.223 e. The van der Waals surface area contributed by atoms with E-state index in [1.54, 1.807) is 12.1 Å². The molecule has 1 aliphatic carbocycles. The van der Waals surface area contributed by atoms with E-state index in [1.165, 1.54) is 13.2 Å². The molecule has 0 bridgehead atoms. The van der Waals surface area contributed by atoms with E-state index in [2.05, 4.69) is 5.32 Å². The number of carbonyl (C=O) groups is 1. The van der Waals surface area contributed by atoms with Crippen LogP contribution in [0.1, 0.15) is 37.8 Å². The van der Waals surface area contributed by atoms with Crippen LogP contribution in [0.4, 0.5) is 4.39 Å². The number of benzene rings is 1. The second kappa shape index (κ2) is 6.89. The van der Waals surface area contributed by atoms with E-state index >= 15 is 0 Å². The van der Waals surface area contributed by atoms with Crippen molar-refractivity contribution < 1.29 is 13.9 Å². The molecular weight excluding hydrogens is 271 g/mol. The molecule has 0 radical (unpaired) electrons. The molecule has 0 aliphatic heterocycles. The molecule has 4 nitrogen and oxygen atoms in total. The summed E-state index contributed by atoms with van der Waals surface area (Å²) in [5.41, 5.74) is 6.44. The van der Waals surface area contributed by atoms with Crippen molar-refractivity contribution in [3.8, 4) is 5.75 Å². The van der Waals surface area contributed by atoms with Gasteiger partial charge in [0.1, 0.15) is 0 Å². The van der Waals surface area contributed by atoms with Crippen LogP contribution in [0.3, 0.4) is 0 Å². The number of ether oxygens (including phenoxy) is 1. The van der Waals surface area contributed by atoms with E-state index in [0.717, 1.165) is 24.8 Å². The number of carbonyl (C=O) groups excluding carboxylic acids is 1. The minimum Gasteiger partial charge on any atom is -0.494 e. The first-order valence-corrected chi connectivity index (χ1v) is 7.40. The summed E-state index contributed by atoms with van der Waals surface area (Å²) in [5.74, 6) is 0.0603. The fourth-order valence-electron chi connectivity index (χ4n) is 3.02. The summed E-state index contributed by atoms with van der Waals surface area (Å²) in [5, 5.41) is 2.97. The van der Waals surface area contributed by atoms with Gasteiger partial charge in [0.25, 0.3) is 0 Å². The van der Waals surface area contributed by atoms with Crippen LogP contribution in [0, 0.1) is 17.7 Å². The van der Waals surface area contributed by atoms with Crippen molar-refractivity contribution in [2.45, 2.75) is 32.2 Å². The first-order valence-electron chi connectivity index (χ1n) is 7.40. The van der Waals surface area contributed by atoms with Crippen LogP contribution in [-0.4, -0.2) is 19.6 Å². The Bertz CT molecular complexity index is 507. The fraction of sp³-hybridized carbons (Fsp3) is 0.562. The van der Waals surface area contributed by atoms with E-state index < -0.39 is 5.82 Å². The van der Waals surface area contributed by atoms with Crippen LogP contribution >= 0.6 is 0 Å². The number of hydrogen-bond acceptors (Lipinski definition) is 3. The first-order chi connectivity index (χ1) is 10.1. The number of hydrogen-bond donors (Lipinski definition) is 2.